The Hall–Kier alpha value is -2.08. The number of cyclic esters (lactones) is 1. The van der Waals surface area contributed by atoms with Crippen LogP contribution in [0.4, 0.5) is 16.3 Å². The number of amides is 1. The Balaban J connectivity index is 1.85. The normalized spacial score (nSPS) is 19.0. The zero-order valence-electron chi connectivity index (χ0n) is 9.45. The predicted octanol–water partition coefficient (Wildman–Crippen LogP) is 2.42. The van der Waals surface area contributed by atoms with E-state index in [2.05, 4.69) is 4.98 Å². The summed E-state index contributed by atoms with van der Waals surface area (Å²) in [6.45, 7) is 0.503. The molecule has 0 radical (unpaired) electrons. The largest absolute Gasteiger partial charge is 0.438 e. The first kappa shape index (κ1) is 11.0. The van der Waals surface area contributed by atoms with E-state index in [1.807, 2.05) is 17.5 Å². The number of pyridine rings is 1. The monoisotopic (exact) mass is 261 g/mol. The minimum atomic E-state index is -0.348. The number of nitrogen functional groups attached to an aromatic ring is 1. The highest BCUT2D eigenvalue weighted by molar-refractivity contribution is 7.10. The molecule has 3 rings (SSSR count). The number of thiophene rings is 1. The van der Waals surface area contributed by atoms with Crippen molar-refractivity contribution in [3.8, 4) is 0 Å². The SMILES string of the molecule is Nc1cc(N2CC(c3cccs3)OC2=O)ccn1. The molecule has 3 heterocycles. The number of aromatic nitrogens is 1. The predicted molar refractivity (Wildman–Crippen MR) is 69.5 cm³/mol. The summed E-state index contributed by atoms with van der Waals surface area (Å²) in [6, 6.07) is 7.32. The molecule has 92 valence electrons. The van der Waals surface area contributed by atoms with Gasteiger partial charge in [-0.3, -0.25) is 4.90 Å². The van der Waals surface area contributed by atoms with E-state index in [9.17, 15) is 4.79 Å². The van der Waals surface area contributed by atoms with Crippen LogP contribution in [0, 0.1) is 0 Å². The lowest BCUT2D eigenvalue weighted by Crippen LogP contribution is -2.23. The summed E-state index contributed by atoms with van der Waals surface area (Å²) in [6.07, 6.45) is 1.03. The maximum atomic E-state index is 11.8. The van der Waals surface area contributed by atoms with E-state index >= 15 is 0 Å². The van der Waals surface area contributed by atoms with Crippen molar-refractivity contribution in [3.63, 3.8) is 0 Å². The third-order valence-electron chi connectivity index (χ3n) is 2.75. The summed E-state index contributed by atoms with van der Waals surface area (Å²) >= 11 is 1.58. The molecule has 5 nitrogen and oxygen atoms in total. The molecule has 0 bridgehead atoms. The Kier molecular flexibility index (Phi) is 2.64. The van der Waals surface area contributed by atoms with Crippen molar-refractivity contribution >= 4 is 28.9 Å². The molecule has 2 aromatic heterocycles. The van der Waals surface area contributed by atoms with Crippen molar-refractivity contribution in [2.75, 3.05) is 17.2 Å². The maximum Gasteiger partial charge on any atom is 0.415 e. The average Bonchev–Trinajstić information content (AvgIpc) is 2.97. The van der Waals surface area contributed by atoms with Crippen LogP contribution in [0.5, 0.6) is 0 Å². The Bertz CT molecular complexity index is 570. The summed E-state index contributed by atoms with van der Waals surface area (Å²) in [5.74, 6) is 0.389. The van der Waals surface area contributed by atoms with Gasteiger partial charge < -0.3 is 10.5 Å². The first-order valence-corrected chi connectivity index (χ1v) is 6.35. The molecular weight excluding hydrogens is 250 g/mol. The summed E-state index contributed by atoms with van der Waals surface area (Å²) < 4.78 is 5.35. The first-order valence-electron chi connectivity index (χ1n) is 5.47. The highest BCUT2D eigenvalue weighted by Gasteiger charge is 2.33. The number of rotatable bonds is 2. The Morgan fingerprint density at radius 2 is 2.39 bits per heavy atom. The average molecular weight is 261 g/mol. The number of hydrogen-bond donors (Lipinski definition) is 1. The van der Waals surface area contributed by atoms with Crippen molar-refractivity contribution < 1.29 is 9.53 Å². The van der Waals surface area contributed by atoms with Gasteiger partial charge in [0.2, 0.25) is 0 Å². The van der Waals surface area contributed by atoms with Gasteiger partial charge in [-0.1, -0.05) is 6.07 Å². The van der Waals surface area contributed by atoms with Gasteiger partial charge in [0.25, 0.3) is 0 Å². The molecular formula is C12H11N3O2S. The fraction of sp³-hybridized carbons (Fsp3) is 0.167. The van der Waals surface area contributed by atoms with Crippen molar-refractivity contribution in [1.29, 1.82) is 0 Å². The molecule has 1 fully saturated rings. The van der Waals surface area contributed by atoms with E-state index in [-0.39, 0.29) is 12.2 Å². The number of ether oxygens (including phenoxy) is 1. The Morgan fingerprint density at radius 1 is 1.50 bits per heavy atom. The van der Waals surface area contributed by atoms with Crippen LogP contribution in [0.1, 0.15) is 11.0 Å². The molecule has 0 aliphatic carbocycles. The van der Waals surface area contributed by atoms with Crippen molar-refractivity contribution in [2.45, 2.75) is 6.10 Å². The standard InChI is InChI=1S/C12H11N3O2S/c13-11-6-8(3-4-14-11)15-7-9(17-12(15)16)10-2-1-5-18-10/h1-6,9H,7H2,(H2,13,14). The van der Waals surface area contributed by atoms with Gasteiger partial charge in [-0.15, -0.1) is 11.3 Å². The Morgan fingerprint density at radius 3 is 3.11 bits per heavy atom. The van der Waals surface area contributed by atoms with Gasteiger partial charge in [-0.25, -0.2) is 9.78 Å². The molecule has 1 saturated heterocycles. The number of carbonyl (C=O) groups is 1. The van der Waals surface area contributed by atoms with E-state index < -0.39 is 0 Å². The van der Waals surface area contributed by atoms with Crippen LogP contribution in [-0.2, 0) is 4.74 Å². The van der Waals surface area contributed by atoms with Crippen LogP contribution in [0.3, 0.4) is 0 Å². The number of carbonyl (C=O) groups excluding carboxylic acids is 1. The topological polar surface area (TPSA) is 68.4 Å². The second-order valence-corrected chi connectivity index (χ2v) is 4.92. The van der Waals surface area contributed by atoms with Crippen LogP contribution in [0.2, 0.25) is 0 Å². The minimum Gasteiger partial charge on any atom is -0.438 e. The Labute approximate surface area is 108 Å². The molecule has 1 atom stereocenters. The van der Waals surface area contributed by atoms with Crippen molar-refractivity contribution in [2.24, 2.45) is 0 Å². The van der Waals surface area contributed by atoms with Crippen molar-refractivity contribution in [3.05, 3.63) is 40.7 Å². The highest BCUT2D eigenvalue weighted by Crippen LogP contribution is 2.32. The lowest BCUT2D eigenvalue weighted by Gasteiger charge is -2.12. The van der Waals surface area contributed by atoms with E-state index in [1.54, 1.807) is 34.6 Å². The molecule has 2 N–H and O–H groups in total. The summed E-state index contributed by atoms with van der Waals surface area (Å²) in [5, 5.41) is 1.97. The lowest BCUT2D eigenvalue weighted by atomic mass is 10.2. The number of hydrogen-bond acceptors (Lipinski definition) is 5. The van der Waals surface area contributed by atoms with Gasteiger partial charge in [0.05, 0.1) is 12.2 Å². The summed E-state index contributed by atoms with van der Waals surface area (Å²) in [5.41, 5.74) is 6.33. The van der Waals surface area contributed by atoms with Gasteiger partial charge in [0.1, 0.15) is 5.82 Å². The third kappa shape index (κ3) is 1.91. The molecule has 6 heteroatoms. The van der Waals surface area contributed by atoms with Gasteiger partial charge >= 0.3 is 6.09 Å². The van der Waals surface area contributed by atoms with E-state index in [0.717, 1.165) is 4.88 Å². The number of anilines is 2. The van der Waals surface area contributed by atoms with Crippen LogP contribution < -0.4 is 10.6 Å². The molecule has 0 aromatic carbocycles. The fourth-order valence-corrected chi connectivity index (χ4v) is 2.65. The summed E-state index contributed by atoms with van der Waals surface area (Å²) in [7, 11) is 0. The fourth-order valence-electron chi connectivity index (χ4n) is 1.90. The highest BCUT2D eigenvalue weighted by atomic mass is 32.1. The van der Waals surface area contributed by atoms with E-state index in [4.69, 9.17) is 10.5 Å². The lowest BCUT2D eigenvalue weighted by molar-refractivity contribution is 0.144. The molecule has 1 aliphatic rings. The zero-order valence-corrected chi connectivity index (χ0v) is 10.3. The molecule has 1 unspecified atom stereocenters. The molecule has 0 saturated carbocycles. The quantitative estimate of drug-likeness (QED) is 0.901. The zero-order chi connectivity index (χ0) is 12.5. The minimum absolute atomic E-state index is 0.202. The number of nitrogens with two attached hydrogens (primary N) is 1. The van der Waals surface area contributed by atoms with Crippen LogP contribution in [-0.4, -0.2) is 17.6 Å². The van der Waals surface area contributed by atoms with Gasteiger partial charge in [0.15, 0.2) is 6.10 Å². The summed E-state index contributed by atoms with van der Waals surface area (Å²) in [4.78, 5) is 18.4. The smallest absolute Gasteiger partial charge is 0.415 e. The van der Waals surface area contributed by atoms with Crippen LogP contribution in [0.15, 0.2) is 35.8 Å². The molecule has 18 heavy (non-hydrogen) atoms. The number of nitrogens with zero attached hydrogens (tertiary/aromatic N) is 2. The van der Waals surface area contributed by atoms with E-state index in [0.29, 0.717) is 18.1 Å². The molecule has 0 spiro atoms. The van der Waals surface area contributed by atoms with Crippen LogP contribution in [0.25, 0.3) is 0 Å². The maximum absolute atomic E-state index is 11.8. The van der Waals surface area contributed by atoms with Crippen molar-refractivity contribution in [1.82, 2.24) is 4.98 Å². The third-order valence-corrected chi connectivity index (χ3v) is 3.71. The van der Waals surface area contributed by atoms with Gasteiger partial charge in [0, 0.05) is 17.1 Å². The van der Waals surface area contributed by atoms with E-state index in [1.165, 1.54) is 0 Å². The molecule has 1 aliphatic heterocycles. The second-order valence-electron chi connectivity index (χ2n) is 3.94. The second kappa shape index (κ2) is 4.30. The molecule has 2 aromatic rings. The molecule has 1 amide bonds. The van der Waals surface area contributed by atoms with Crippen LogP contribution >= 0.6 is 11.3 Å². The van der Waals surface area contributed by atoms with Gasteiger partial charge in [-0.05, 0) is 17.5 Å². The van der Waals surface area contributed by atoms with Gasteiger partial charge in [-0.2, -0.15) is 0 Å². The first-order chi connectivity index (χ1) is 8.74.